The molecule has 11 heavy (non-hydrogen) atoms. The van der Waals surface area contributed by atoms with Gasteiger partial charge in [-0.25, -0.2) is 0 Å². The molecule has 0 heterocycles. The number of carbonyl (C=O) groups is 1. The van der Waals surface area contributed by atoms with Crippen LogP contribution in [0.5, 0.6) is 0 Å². The lowest BCUT2D eigenvalue weighted by Gasteiger charge is -2.47. The summed E-state index contributed by atoms with van der Waals surface area (Å²) in [7, 11) is 0. The average molecular weight is 177 g/mol. The average Bonchev–Trinajstić information content (AvgIpc) is 1.82. The van der Waals surface area contributed by atoms with Crippen LogP contribution < -0.4 is 0 Å². The first kappa shape index (κ1) is 8.85. The van der Waals surface area contributed by atoms with E-state index in [-0.39, 0.29) is 22.9 Å². The van der Waals surface area contributed by atoms with Gasteiger partial charge < -0.3 is 4.74 Å². The van der Waals surface area contributed by atoms with Crippen molar-refractivity contribution >= 4 is 17.6 Å². The van der Waals surface area contributed by atoms with Crippen LogP contribution in [0.1, 0.15) is 27.2 Å². The summed E-state index contributed by atoms with van der Waals surface area (Å²) in [6, 6.07) is 0. The Bertz CT molecular complexity index is 177. The zero-order valence-electron chi connectivity index (χ0n) is 7.06. The first-order valence-corrected chi connectivity index (χ1v) is 4.18. The zero-order chi connectivity index (χ0) is 8.65. The van der Waals surface area contributed by atoms with E-state index in [0.29, 0.717) is 0 Å². The summed E-state index contributed by atoms with van der Waals surface area (Å²) >= 11 is 5.87. The number of alkyl halides is 1. The molecule has 0 aromatic rings. The molecule has 1 fully saturated rings. The van der Waals surface area contributed by atoms with Crippen molar-refractivity contribution < 1.29 is 9.53 Å². The Morgan fingerprint density at radius 2 is 2.18 bits per heavy atom. The molecule has 2 unspecified atom stereocenters. The van der Waals surface area contributed by atoms with Gasteiger partial charge in [-0.15, -0.1) is 11.6 Å². The number of halogens is 1. The molecule has 0 aromatic carbocycles. The molecule has 0 radical (unpaired) electrons. The minimum Gasteiger partial charge on any atom is -0.460 e. The molecular formula is C8H13ClO2. The highest BCUT2D eigenvalue weighted by Crippen LogP contribution is 2.45. The molecule has 0 aromatic heterocycles. The van der Waals surface area contributed by atoms with E-state index in [4.69, 9.17) is 16.3 Å². The van der Waals surface area contributed by atoms with E-state index in [1.165, 1.54) is 6.92 Å². The van der Waals surface area contributed by atoms with Gasteiger partial charge in [0.05, 0.1) is 5.38 Å². The molecule has 0 N–H and O–H groups in total. The van der Waals surface area contributed by atoms with Gasteiger partial charge in [0.25, 0.3) is 0 Å². The van der Waals surface area contributed by atoms with Crippen molar-refractivity contribution in [2.45, 2.75) is 38.7 Å². The summed E-state index contributed by atoms with van der Waals surface area (Å²) < 4.78 is 5.04. The second-order valence-electron chi connectivity index (χ2n) is 3.74. The van der Waals surface area contributed by atoms with Gasteiger partial charge in [0.15, 0.2) is 0 Å². The van der Waals surface area contributed by atoms with E-state index in [2.05, 4.69) is 13.8 Å². The van der Waals surface area contributed by atoms with E-state index in [0.717, 1.165) is 6.42 Å². The molecule has 0 bridgehead atoms. The van der Waals surface area contributed by atoms with Crippen LogP contribution in [0.3, 0.4) is 0 Å². The number of esters is 1. The lowest BCUT2D eigenvalue weighted by Crippen LogP contribution is -2.52. The highest BCUT2D eigenvalue weighted by molar-refractivity contribution is 6.21. The van der Waals surface area contributed by atoms with E-state index in [1.807, 2.05) is 0 Å². The maximum absolute atomic E-state index is 10.6. The Morgan fingerprint density at radius 3 is 2.36 bits per heavy atom. The SMILES string of the molecule is CC(=O)OC1C(Cl)CC1(C)C. The minimum absolute atomic E-state index is 0.00824. The van der Waals surface area contributed by atoms with Crippen LogP contribution >= 0.6 is 11.6 Å². The molecular weight excluding hydrogens is 164 g/mol. The summed E-state index contributed by atoms with van der Waals surface area (Å²) in [5.41, 5.74) is 0.0675. The number of rotatable bonds is 1. The second-order valence-corrected chi connectivity index (χ2v) is 4.30. The van der Waals surface area contributed by atoms with E-state index in [1.54, 1.807) is 0 Å². The van der Waals surface area contributed by atoms with Gasteiger partial charge in [-0.1, -0.05) is 13.8 Å². The number of hydrogen-bond donors (Lipinski definition) is 0. The first-order valence-electron chi connectivity index (χ1n) is 3.75. The van der Waals surface area contributed by atoms with Crippen molar-refractivity contribution in [1.29, 1.82) is 0 Å². The standard InChI is InChI=1S/C8H13ClO2/c1-5(10)11-7-6(9)4-8(7,2)3/h6-7H,4H2,1-3H3. The lowest BCUT2D eigenvalue weighted by atomic mass is 9.69. The quantitative estimate of drug-likeness (QED) is 0.451. The Kier molecular flexibility index (Phi) is 2.15. The predicted molar refractivity (Wildman–Crippen MR) is 43.6 cm³/mol. The van der Waals surface area contributed by atoms with Gasteiger partial charge >= 0.3 is 5.97 Å². The zero-order valence-corrected chi connectivity index (χ0v) is 7.81. The third-order valence-corrected chi connectivity index (χ3v) is 2.50. The third kappa shape index (κ3) is 1.67. The van der Waals surface area contributed by atoms with Crippen LogP contribution in [0, 0.1) is 5.41 Å². The van der Waals surface area contributed by atoms with Crippen molar-refractivity contribution in [3.8, 4) is 0 Å². The smallest absolute Gasteiger partial charge is 0.302 e. The largest absolute Gasteiger partial charge is 0.460 e. The van der Waals surface area contributed by atoms with Crippen LogP contribution in [-0.4, -0.2) is 17.5 Å². The Hall–Kier alpha value is -0.240. The van der Waals surface area contributed by atoms with Gasteiger partial charge in [0.1, 0.15) is 6.10 Å². The second kappa shape index (κ2) is 2.67. The highest BCUT2D eigenvalue weighted by atomic mass is 35.5. The van der Waals surface area contributed by atoms with Crippen molar-refractivity contribution in [1.82, 2.24) is 0 Å². The maximum atomic E-state index is 10.6. The van der Waals surface area contributed by atoms with Gasteiger partial charge in [0, 0.05) is 12.3 Å². The van der Waals surface area contributed by atoms with E-state index >= 15 is 0 Å². The molecule has 0 saturated heterocycles. The van der Waals surface area contributed by atoms with Gasteiger partial charge in [-0.2, -0.15) is 0 Å². The van der Waals surface area contributed by atoms with Gasteiger partial charge in [0.2, 0.25) is 0 Å². The van der Waals surface area contributed by atoms with Crippen molar-refractivity contribution in [3.05, 3.63) is 0 Å². The maximum Gasteiger partial charge on any atom is 0.302 e. The summed E-state index contributed by atoms with van der Waals surface area (Å²) in [6.07, 6.45) is 0.827. The fourth-order valence-corrected chi connectivity index (χ4v) is 2.26. The number of carbonyl (C=O) groups excluding carboxylic acids is 1. The van der Waals surface area contributed by atoms with Crippen LogP contribution in [0.25, 0.3) is 0 Å². The molecule has 64 valence electrons. The Morgan fingerprint density at radius 1 is 1.64 bits per heavy atom. The van der Waals surface area contributed by atoms with Gasteiger partial charge in [-0.05, 0) is 6.42 Å². The molecule has 1 aliphatic carbocycles. The van der Waals surface area contributed by atoms with Gasteiger partial charge in [-0.3, -0.25) is 4.79 Å². The number of hydrogen-bond acceptors (Lipinski definition) is 2. The van der Waals surface area contributed by atoms with Crippen molar-refractivity contribution in [2.24, 2.45) is 5.41 Å². The molecule has 1 rings (SSSR count). The van der Waals surface area contributed by atoms with Crippen LogP contribution in [0.15, 0.2) is 0 Å². The van der Waals surface area contributed by atoms with E-state index in [9.17, 15) is 4.79 Å². The molecule has 1 saturated carbocycles. The van der Waals surface area contributed by atoms with Crippen LogP contribution in [0.2, 0.25) is 0 Å². The van der Waals surface area contributed by atoms with Crippen LogP contribution in [0.4, 0.5) is 0 Å². The van der Waals surface area contributed by atoms with E-state index < -0.39 is 0 Å². The summed E-state index contributed by atoms with van der Waals surface area (Å²) in [6.45, 7) is 5.52. The molecule has 2 atom stereocenters. The van der Waals surface area contributed by atoms with Crippen molar-refractivity contribution in [3.63, 3.8) is 0 Å². The lowest BCUT2D eigenvalue weighted by molar-refractivity contribution is -0.161. The molecule has 0 spiro atoms. The van der Waals surface area contributed by atoms with Crippen LogP contribution in [-0.2, 0) is 9.53 Å². The Labute approximate surface area is 71.9 Å². The third-order valence-electron chi connectivity index (χ3n) is 2.11. The van der Waals surface area contributed by atoms with Crippen molar-refractivity contribution in [2.75, 3.05) is 0 Å². The fourth-order valence-electron chi connectivity index (χ4n) is 1.47. The summed E-state index contributed by atoms with van der Waals surface area (Å²) in [4.78, 5) is 10.6. The molecule has 0 aliphatic heterocycles. The molecule has 1 aliphatic rings. The fraction of sp³-hybridized carbons (Fsp3) is 0.875. The summed E-state index contributed by atoms with van der Waals surface area (Å²) in [5.74, 6) is -0.242. The molecule has 2 nitrogen and oxygen atoms in total. The Balaban J connectivity index is 2.50. The highest BCUT2D eigenvalue weighted by Gasteiger charge is 2.48. The predicted octanol–water partition coefficient (Wildman–Crippen LogP) is 1.96. The first-order chi connectivity index (χ1) is 4.93. The normalized spacial score (nSPS) is 34.2. The number of ether oxygens (including phenoxy) is 1. The monoisotopic (exact) mass is 176 g/mol. The topological polar surface area (TPSA) is 26.3 Å². The minimum atomic E-state index is -0.242. The molecule has 0 amide bonds. The summed E-state index contributed by atoms with van der Waals surface area (Å²) in [5, 5.41) is 0.00824. The molecule has 3 heteroatoms.